The Morgan fingerprint density at radius 1 is 0.880 bits per heavy atom. The Morgan fingerprint density at radius 3 is 2.36 bits per heavy atom. The number of fused-ring (bicyclic) bond motifs is 2. The first-order valence-corrected chi connectivity index (χ1v) is 17.2. The molecule has 1 unspecified atom stereocenters. The van der Waals surface area contributed by atoms with Crippen molar-refractivity contribution < 1.29 is 24.0 Å². The van der Waals surface area contributed by atoms with Crippen molar-refractivity contribution >= 4 is 46.7 Å². The third kappa shape index (κ3) is 6.68. The van der Waals surface area contributed by atoms with E-state index in [2.05, 4.69) is 54.5 Å². The maximum atomic E-state index is 13.2. The molecule has 5 aliphatic heterocycles. The van der Waals surface area contributed by atoms with Gasteiger partial charge in [0.1, 0.15) is 6.04 Å². The standard InChI is InChI=1S/C30H28N8O5.C6H13N/c31-26(40)25-27(33-9-8-32-25)34-18-2-1-17-13-36(10-7-16(17)11-18)20-14-37(15-20)19-3-4-21-22(12-19)30(43)38(29(21)42)23-5-6-24(39)35-28(23)41;1-7-5-3-2-4-6-7/h1-4,8-9,11-12,20,23H,5-7,10,13-15H2,(H2,31,40)(H,33,34)(H,35,39,41);2-6H2,1H3. The van der Waals surface area contributed by atoms with E-state index in [4.69, 9.17) is 5.73 Å². The van der Waals surface area contributed by atoms with E-state index in [1.54, 1.807) is 12.1 Å². The molecule has 0 aliphatic carbocycles. The van der Waals surface area contributed by atoms with Crippen molar-refractivity contribution in [1.82, 2.24) is 30.0 Å². The number of benzene rings is 2. The highest BCUT2D eigenvalue weighted by Gasteiger charge is 2.45. The Balaban J connectivity index is 0.000000501. The first kappa shape index (κ1) is 33.3. The molecule has 6 heterocycles. The van der Waals surface area contributed by atoms with Crippen molar-refractivity contribution in [3.05, 3.63) is 76.7 Å². The number of amides is 5. The van der Waals surface area contributed by atoms with Crippen molar-refractivity contribution in [2.75, 3.05) is 50.0 Å². The van der Waals surface area contributed by atoms with Gasteiger partial charge in [0.25, 0.3) is 17.7 Å². The number of nitrogens with one attached hydrogen (secondary N) is 2. The van der Waals surface area contributed by atoms with Crippen LogP contribution in [0, 0.1) is 0 Å². The maximum Gasteiger partial charge on any atom is 0.271 e. The van der Waals surface area contributed by atoms with Crippen LogP contribution in [0.4, 0.5) is 17.2 Å². The number of hydrogen-bond donors (Lipinski definition) is 3. The second kappa shape index (κ2) is 14.0. The predicted octanol–water partition coefficient (Wildman–Crippen LogP) is 2.07. The van der Waals surface area contributed by atoms with Gasteiger partial charge in [-0.1, -0.05) is 12.5 Å². The molecular weight excluding hydrogens is 638 g/mol. The number of primary amides is 1. The van der Waals surface area contributed by atoms with Crippen LogP contribution in [0.3, 0.4) is 0 Å². The molecule has 5 aliphatic rings. The van der Waals surface area contributed by atoms with Crippen LogP contribution in [0.15, 0.2) is 48.8 Å². The van der Waals surface area contributed by atoms with Gasteiger partial charge < -0.3 is 20.9 Å². The Morgan fingerprint density at radius 2 is 1.64 bits per heavy atom. The van der Waals surface area contributed by atoms with E-state index < -0.39 is 35.6 Å². The van der Waals surface area contributed by atoms with E-state index in [9.17, 15) is 24.0 Å². The Bertz CT molecular complexity index is 1850. The number of carbonyl (C=O) groups is 5. The Labute approximate surface area is 290 Å². The zero-order valence-corrected chi connectivity index (χ0v) is 28.1. The molecule has 14 nitrogen and oxygen atoms in total. The monoisotopic (exact) mass is 679 g/mol. The number of carbonyl (C=O) groups excluding carboxylic acids is 5. The molecule has 2 aromatic carbocycles. The van der Waals surface area contributed by atoms with Gasteiger partial charge in [-0.15, -0.1) is 0 Å². The van der Waals surface area contributed by atoms with Gasteiger partial charge in [-0.2, -0.15) is 0 Å². The first-order chi connectivity index (χ1) is 24.2. The summed E-state index contributed by atoms with van der Waals surface area (Å²) in [7, 11) is 2.19. The van der Waals surface area contributed by atoms with Crippen LogP contribution in [-0.4, -0.2) is 106 Å². The minimum atomic E-state index is -0.976. The van der Waals surface area contributed by atoms with Gasteiger partial charge in [0.15, 0.2) is 11.5 Å². The number of piperidine rings is 2. The lowest BCUT2D eigenvalue weighted by Crippen LogP contribution is -2.60. The number of likely N-dealkylation sites (tertiary alicyclic amines) is 1. The van der Waals surface area contributed by atoms with Crippen molar-refractivity contribution in [3.63, 3.8) is 0 Å². The number of nitrogens with two attached hydrogens (primary N) is 1. The summed E-state index contributed by atoms with van der Waals surface area (Å²) in [4.78, 5) is 78.0. The molecule has 260 valence electrons. The number of rotatable bonds is 6. The fraction of sp³-hybridized carbons (Fsp3) is 0.417. The molecule has 3 aromatic rings. The van der Waals surface area contributed by atoms with Gasteiger partial charge in [-0.25, -0.2) is 9.97 Å². The smallest absolute Gasteiger partial charge is 0.271 e. The third-order valence-corrected chi connectivity index (χ3v) is 10.2. The number of hydrogen-bond acceptors (Lipinski definition) is 11. The van der Waals surface area contributed by atoms with Crippen molar-refractivity contribution in [2.24, 2.45) is 5.73 Å². The van der Waals surface area contributed by atoms with E-state index in [0.717, 1.165) is 48.9 Å². The van der Waals surface area contributed by atoms with Crippen molar-refractivity contribution in [1.29, 1.82) is 0 Å². The van der Waals surface area contributed by atoms with Gasteiger partial charge in [-0.05, 0) is 87.3 Å². The maximum absolute atomic E-state index is 13.2. The van der Waals surface area contributed by atoms with Crippen LogP contribution in [0.5, 0.6) is 0 Å². The van der Waals surface area contributed by atoms with E-state index in [1.165, 1.54) is 55.9 Å². The van der Waals surface area contributed by atoms with Crippen LogP contribution in [-0.2, 0) is 22.6 Å². The van der Waals surface area contributed by atoms with Gasteiger partial charge in [0, 0.05) is 62.4 Å². The molecule has 1 aromatic heterocycles. The van der Waals surface area contributed by atoms with Crippen LogP contribution in [0.25, 0.3) is 0 Å². The number of nitrogens with zero attached hydrogens (tertiary/aromatic N) is 6. The first-order valence-electron chi connectivity index (χ1n) is 17.2. The predicted molar refractivity (Wildman–Crippen MR) is 185 cm³/mol. The topological polar surface area (TPSA) is 174 Å². The largest absolute Gasteiger partial charge is 0.368 e. The summed E-state index contributed by atoms with van der Waals surface area (Å²) in [5.41, 5.74) is 10.2. The molecule has 0 bridgehead atoms. The third-order valence-electron chi connectivity index (χ3n) is 10.2. The highest BCUT2D eigenvalue weighted by atomic mass is 16.2. The van der Waals surface area contributed by atoms with Crippen LogP contribution in [0.1, 0.15) is 74.4 Å². The molecule has 3 fully saturated rings. The van der Waals surface area contributed by atoms with E-state index in [-0.39, 0.29) is 29.7 Å². The van der Waals surface area contributed by atoms with Gasteiger partial charge in [0.05, 0.1) is 11.1 Å². The van der Waals surface area contributed by atoms with E-state index in [0.29, 0.717) is 11.9 Å². The minimum absolute atomic E-state index is 0.0872. The van der Waals surface area contributed by atoms with Crippen LogP contribution in [0.2, 0.25) is 0 Å². The lowest BCUT2D eigenvalue weighted by atomic mass is 9.95. The molecule has 3 saturated heterocycles. The summed E-state index contributed by atoms with van der Waals surface area (Å²) in [5.74, 6) is -2.34. The fourth-order valence-electron chi connectivity index (χ4n) is 7.32. The molecule has 1 atom stereocenters. The van der Waals surface area contributed by atoms with E-state index >= 15 is 0 Å². The molecule has 0 saturated carbocycles. The molecule has 4 N–H and O–H groups in total. The second-order valence-corrected chi connectivity index (χ2v) is 13.5. The SMILES string of the molecule is CN1CCCCC1.NC(=O)c1nccnc1Nc1ccc2c(c1)CCN(C1CN(c3ccc4c(c3)C(=O)N(C3CCC(=O)NC3=O)C4=O)C1)C2. The lowest BCUT2D eigenvalue weighted by Gasteiger charge is -2.48. The molecule has 8 rings (SSSR count). The van der Waals surface area contributed by atoms with Gasteiger partial charge in [-0.3, -0.25) is 39.1 Å². The zero-order chi connectivity index (χ0) is 34.9. The average molecular weight is 680 g/mol. The zero-order valence-electron chi connectivity index (χ0n) is 28.1. The molecule has 0 spiro atoms. The van der Waals surface area contributed by atoms with Gasteiger partial charge >= 0.3 is 0 Å². The fourth-order valence-corrected chi connectivity index (χ4v) is 7.32. The number of aromatic nitrogens is 2. The molecule has 14 heteroatoms. The highest BCUT2D eigenvalue weighted by molar-refractivity contribution is 6.23. The summed E-state index contributed by atoms with van der Waals surface area (Å²) >= 11 is 0. The minimum Gasteiger partial charge on any atom is -0.368 e. The quantitative estimate of drug-likeness (QED) is 0.326. The number of anilines is 3. The highest BCUT2D eigenvalue weighted by Crippen LogP contribution is 2.34. The van der Waals surface area contributed by atoms with E-state index in [1.807, 2.05) is 12.1 Å². The summed E-state index contributed by atoms with van der Waals surface area (Å²) in [6.45, 7) is 5.92. The summed E-state index contributed by atoms with van der Waals surface area (Å²) in [6.07, 6.45) is 8.29. The summed E-state index contributed by atoms with van der Waals surface area (Å²) in [5, 5.41) is 5.38. The molecule has 5 amide bonds. The second-order valence-electron chi connectivity index (χ2n) is 13.5. The van der Waals surface area contributed by atoms with Crippen LogP contribution < -0.4 is 21.3 Å². The van der Waals surface area contributed by atoms with Crippen LogP contribution >= 0.6 is 0 Å². The van der Waals surface area contributed by atoms with Crippen molar-refractivity contribution in [2.45, 2.75) is 57.2 Å². The Kier molecular flexibility index (Phi) is 9.29. The molecule has 50 heavy (non-hydrogen) atoms. The normalized spacial score (nSPS) is 21.1. The summed E-state index contributed by atoms with van der Waals surface area (Å²) < 4.78 is 0. The van der Waals surface area contributed by atoms with Crippen molar-refractivity contribution in [3.8, 4) is 0 Å². The molecular formula is C36H41N9O5. The number of imide groups is 2. The molecule has 0 radical (unpaired) electrons. The average Bonchev–Trinajstić information content (AvgIpc) is 3.33. The lowest BCUT2D eigenvalue weighted by molar-refractivity contribution is -0.136. The summed E-state index contributed by atoms with van der Waals surface area (Å²) in [6, 6.07) is 10.7. The van der Waals surface area contributed by atoms with Gasteiger partial charge in [0.2, 0.25) is 11.8 Å². The Hall–Kier alpha value is -5.21.